The Kier molecular flexibility index (Phi) is 6.79. The molecule has 1 fully saturated rings. The Bertz CT molecular complexity index is 938. The molecule has 1 saturated heterocycles. The number of hydrogen-bond donors (Lipinski definition) is 1. The second-order valence-corrected chi connectivity index (χ2v) is 8.03. The summed E-state index contributed by atoms with van der Waals surface area (Å²) in [6.07, 6.45) is 3.93. The maximum Gasteiger partial charge on any atom is 0.223 e. The van der Waals surface area contributed by atoms with Crippen LogP contribution in [0, 0.1) is 0 Å². The summed E-state index contributed by atoms with van der Waals surface area (Å²) in [4.78, 5) is 29.4. The molecule has 0 spiro atoms. The van der Waals surface area contributed by atoms with Gasteiger partial charge in [-0.15, -0.1) is 0 Å². The molecule has 0 aliphatic carbocycles. The van der Waals surface area contributed by atoms with Crippen LogP contribution in [0.2, 0.25) is 0 Å². The van der Waals surface area contributed by atoms with Gasteiger partial charge in [-0.25, -0.2) is 0 Å². The number of rotatable bonds is 6. The van der Waals surface area contributed by atoms with Crippen molar-refractivity contribution in [2.24, 2.45) is 0 Å². The lowest BCUT2D eigenvalue weighted by Gasteiger charge is -2.34. The van der Waals surface area contributed by atoms with Crippen molar-refractivity contribution in [1.29, 1.82) is 0 Å². The summed E-state index contributed by atoms with van der Waals surface area (Å²) in [5, 5.41) is 3.23. The molecule has 2 aliphatic heterocycles. The summed E-state index contributed by atoms with van der Waals surface area (Å²) < 4.78 is 5.46. The number of fused-ring (bicyclic) bond motifs is 1. The van der Waals surface area contributed by atoms with Crippen molar-refractivity contribution in [3.8, 4) is 0 Å². The van der Waals surface area contributed by atoms with Gasteiger partial charge in [-0.3, -0.25) is 14.5 Å². The first-order valence-corrected chi connectivity index (χ1v) is 10.8. The number of benzene rings is 2. The van der Waals surface area contributed by atoms with E-state index in [1.807, 2.05) is 60.7 Å². The fourth-order valence-electron chi connectivity index (χ4n) is 4.30. The molecule has 31 heavy (non-hydrogen) atoms. The standard InChI is InChI=1S/C25H29N3O3/c1-19(29)28-12-11-20-7-5-6-10-22(20)24(28)17-25(30)26-23(21-8-3-2-4-9-21)18-27-13-15-31-16-14-27/h2-12,23-24H,13-18H2,1H3,(H,26,30). The van der Waals surface area contributed by atoms with E-state index in [2.05, 4.69) is 10.2 Å². The van der Waals surface area contributed by atoms with Gasteiger partial charge in [-0.05, 0) is 22.8 Å². The molecule has 2 aromatic carbocycles. The Morgan fingerprint density at radius 2 is 1.77 bits per heavy atom. The normalized spacial score (nSPS) is 19.5. The van der Waals surface area contributed by atoms with Crippen molar-refractivity contribution in [2.75, 3.05) is 32.8 Å². The highest BCUT2D eigenvalue weighted by Crippen LogP contribution is 2.33. The Morgan fingerprint density at radius 3 is 2.52 bits per heavy atom. The van der Waals surface area contributed by atoms with Gasteiger partial charge < -0.3 is 15.0 Å². The summed E-state index contributed by atoms with van der Waals surface area (Å²) >= 11 is 0. The Hall–Kier alpha value is -2.96. The second-order valence-electron chi connectivity index (χ2n) is 8.03. The van der Waals surface area contributed by atoms with E-state index in [1.54, 1.807) is 11.1 Å². The monoisotopic (exact) mass is 419 g/mol. The number of nitrogens with zero attached hydrogens (tertiary/aromatic N) is 2. The van der Waals surface area contributed by atoms with Crippen LogP contribution in [0.3, 0.4) is 0 Å². The van der Waals surface area contributed by atoms with E-state index in [-0.39, 0.29) is 30.3 Å². The van der Waals surface area contributed by atoms with Gasteiger partial charge in [0.2, 0.25) is 11.8 Å². The molecule has 2 amide bonds. The van der Waals surface area contributed by atoms with Crippen LogP contribution in [0.5, 0.6) is 0 Å². The highest BCUT2D eigenvalue weighted by atomic mass is 16.5. The van der Waals surface area contributed by atoms with Gasteiger partial charge in [-0.2, -0.15) is 0 Å². The van der Waals surface area contributed by atoms with Crippen LogP contribution in [0.25, 0.3) is 6.08 Å². The molecule has 0 aromatic heterocycles. The molecule has 4 rings (SSSR count). The zero-order chi connectivity index (χ0) is 21.6. The molecule has 162 valence electrons. The molecule has 2 atom stereocenters. The molecule has 0 saturated carbocycles. The zero-order valence-corrected chi connectivity index (χ0v) is 17.9. The highest BCUT2D eigenvalue weighted by molar-refractivity contribution is 5.82. The van der Waals surface area contributed by atoms with E-state index in [1.165, 1.54) is 6.92 Å². The fraction of sp³-hybridized carbons (Fsp3) is 0.360. The molecule has 0 radical (unpaired) electrons. The summed E-state index contributed by atoms with van der Waals surface area (Å²) in [5.41, 5.74) is 3.13. The minimum absolute atomic E-state index is 0.0662. The molecule has 2 unspecified atom stereocenters. The topological polar surface area (TPSA) is 61.9 Å². The van der Waals surface area contributed by atoms with Gasteiger partial charge in [0, 0.05) is 32.8 Å². The largest absolute Gasteiger partial charge is 0.379 e. The maximum atomic E-state index is 13.2. The molecule has 2 aromatic rings. The van der Waals surface area contributed by atoms with Crippen molar-refractivity contribution in [3.05, 3.63) is 77.5 Å². The van der Waals surface area contributed by atoms with Crippen molar-refractivity contribution >= 4 is 17.9 Å². The van der Waals surface area contributed by atoms with E-state index in [4.69, 9.17) is 4.74 Å². The predicted molar refractivity (Wildman–Crippen MR) is 120 cm³/mol. The maximum absolute atomic E-state index is 13.2. The number of hydrogen-bond acceptors (Lipinski definition) is 4. The number of amides is 2. The van der Waals surface area contributed by atoms with Crippen LogP contribution < -0.4 is 5.32 Å². The molecular formula is C25H29N3O3. The van der Waals surface area contributed by atoms with Crippen LogP contribution in [0.15, 0.2) is 60.8 Å². The first kappa shape index (κ1) is 21.3. The van der Waals surface area contributed by atoms with Gasteiger partial charge >= 0.3 is 0 Å². The lowest BCUT2D eigenvalue weighted by molar-refractivity contribution is -0.130. The predicted octanol–water partition coefficient (Wildman–Crippen LogP) is 3.14. The third kappa shape index (κ3) is 5.21. The molecular weight excluding hydrogens is 390 g/mol. The average molecular weight is 420 g/mol. The SMILES string of the molecule is CC(=O)N1C=Cc2ccccc2C1CC(=O)NC(CN1CCOCC1)c1ccccc1. The summed E-state index contributed by atoms with van der Waals surface area (Å²) in [6, 6.07) is 17.6. The van der Waals surface area contributed by atoms with Crippen LogP contribution in [0.4, 0.5) is 0 Å². The van der Waals surface area contributed by atoms with Crippen LogP contribution in [-0.4, -0.2) is 54.5 Å². The quantitative estimate of drug-likeness (QED) is 0.782. The summed E-state index contributed by atoms with van der Waals surface area (Å²) in [5.74, 6) is -0.139. The molecule has 0 bridgehead atoms. The molecule has 6 nitrogen and oxygen atoms in total. The van der Waals surface area contributed by atoms with Gasteiger partial charge in [0.25, 0.3) is 0 Å². The van der Waals surface area contributed by atoms with Crippen molar-refractivity contribution in [2.45, 2.75) is 25.4 Å². The lowest BCUT2D eigenvalue weighted by atomic mass is 9.93. The minimum atomic E-state index is -0.307. The number of morpholine rings is 1. The number of carbonyl (C=O) groups is 2. The van der Waals surface area contributed by atoms with E-state index >= 15 is 0 Å². The Morgan fingerprint density at radius 1 is 1.06 bits per heavy atom. The van der Waals surface area contributed by atoms with Crippen LogP contribution >= 0.6 is 0 Å². The molecule has 6 heteroatoms. The van der Waals surface area contributed by atoms with Crippen LogP contribution in [0.1, 0.15) is 42.1 Å². The van der Waals surface area contributed by atoms with E-state index < -0.39 is 0 Å². The Balaban J connectivity index is 1.51. The van der Waals surface area contributed by atoms with E-state index in [0.717, 1.165) is 36.3 Å². The number of carbonyl (C=O) groups excluding carboxylic acids is 2. The van der Waals surface area contributed by atoms with E-state index in [0.29, 0.717) is 13.2 Å². The lowest BCUT2D eigenvalue weighted by Crippen LogP contribution is -2.44. The first-order chi connectivity index (χ1) is 15.1. The summed E-state index contributed by atoms with van der Waals surface area (Å²) in [6.45, 7) is 5.42. The average Bonchev–Trinajstić information content (AvgIpc) is 2.80. The molecule has 2 aliphatic rings. The third-order valence-electron chi connectivity index (χ3n) is 5.93. The third-order valence-corrected chi connectivity index (χ3v) is 5.93. The Labute approximate surface area is 183 Å². The smallest absolute Gasteiger partial charge is 0.223 e. The second kappa shape index (κ2) is 9.90. The molecule has 2 heterocycles. The van der Waals surface area contributed by atoms with Crippen LogP contribution in [-0.2, 0) is 14.3 Å². The summed E-state index contributed by atoms with van der Waals surface area (Å²) in [7, 11) is 0. The van der Waals surface area contributed by atoms with Gasteiger partial charge in [0.1, 0.15) is 0 Å². The number of nitrogens with one attached hydrogen (secondary N) is 1. The minimum Gasteiger partial charge on any atom is -0.379 e. The zero-order valence-electron chi connectivity index (χ0n) is 17.9. The highest BCUT2D eigenvalue weighted by Gasteiger charge is 2.29. The van der Waals surface area contributed by atoms with Gasteiger partial charge in [0.05, 0.1) is 31.7 Å². The fourth-order valence-corrected chi connectivity index (χ4v) is 4.30. The van der Waals surface area contributed by atoms with Gasteiger partial charge in [-0.1, -0.05) is 54.6 Å². The van der Waals surface area contributed by atoms with Crippen molar-refractivity contribution < 1.29 is 14.3 Å². The van der Waals surface area contributed by atoms with Gasteiger partial charge in [0.15, 0.2) is 0 Å². The number of ether oxygens (including phenoxy) is 1. The van der Waals surface area contributed by atoms with E-state index in [9.17, 15) is 9.59 Å². The first-order valence-electron chi connectivity index (χ1n) is 10.8. The molecule has 1 N–H and O–H groups in total. The van der Waals surface area contributed by atoms with Crippen molar-refractivity contribution in [3.63, 3.8) is 0 Å². The van der Waals surface area contributed by atoms with Crippen molar-refractivity contribution in [1.82, 2.24) is 15.1 Å².